The van der Waals surface area contributed by atoms with Crippen LogP contribution in [0.2, 0.25) is 5.02 Å². The number of para-hydroxylation sites is 1. The van der Waals surface area contributed by atoms with Crippen LogP contribution in [0.1, 0.15) is 55.7 Å². The summed E-state index contributed by atoms with van der Waals surface area (Å²) < 4.78 is 11.0. The Bertz CT molecular complexity index is 1050. The molecule has 2 aliphatic rings. The molecule has 168 valence electrons. The van der Waals surface area contributed by atoms with E-state index in [1.807, 2.05) is 61.2 Å². The quantitative estimate of drug-likeness (QED) is 0.490. The van der Waals surface area contributed by atoms with Crippen molar-refractivity contribution in [1.82, 2.24) is 0 Å². The van der Waals surface area contributed by atoms with E-state index < -0.39 is 11.7 Å². The molecule has 0 unspecified atom stereocenters. The fourth-order valence-electron chi connectivity index (χ4n) is 5.17. The summed E-state index contributed by atoms with van der Waals surface area (Å²) in [6.07, 6.45) is 3.63. The molecule has 1 heterocycles. The minimum absolute atomic E-state index is 0.161. The molecule has 6 heteroatoms. The van der Waals surface area contributed by atoms with E-state index in [4.69, 9.17) is 21.1 Å². The number of halogens is 1. The number of hydrogen-bond acceptors (Lipinski definition) is 4. The minimum atomic E-state index is -0.781. The lowest BCUT2D eigenvalue weighted by molar-refractivity contribution is -0.113. The number of ether oxygens (including phenoxy) is 2. The van der Waals surface area contributed by atoms with Crippen LogP contribution in [0.5, 0.6) is 0 Å². The molecule has 1 amide bonds. The molecule has 2 aromatic carbocycles. The van der Waals surface area contributed by atoms with E-state index in [0.29, 0.717) is 16.4 Å². The summed E-state index contributed by atoms with van der Waals surface area (Å²) >= 11 is 6.28. The van der Waals surface area contributed by atoms with Gasteiger partial charge in [-0.2, -0.15) is 0 Å². The molecule has 1 saturated carbocycles. The average Bonchev–Trinajstić information content (AvgIpc) is 2.96. The van der Waals surface area contributed by atoms with Gasteiger partial charge in [-0.1, -0.05) is 49.1 Å². The summed E-state index contributed by atoms with van der Waals surface area (Å²) in [5.74, 6) is 0.240. The van der Waals surface area contributed by atoms with Gasteiger partial charge in [-0.05, 0) is 74.6 Å². The molecule has 1 fully saturated rings. The van der Waals surface area contributed by atoms with Gasteiger partial charge in [-0.15, -0.1) is 0 Å². The van der Waals surface area contributed by atoms with Crippen molar-refractivity contribution in [3.8, 4) is 0 Å². The summed E-state index contributed by atoms with van der Waals surface area (Å²) in [6, 6.07) is 13.3. The predicted molar refractivity (Wildman–Crippen MR) is 126 cm³/mol. The molecule has 1 aliphatic carbocycles. The molecule has 1 spiro atoms. The van der Waals surface area contributed by atoms with Crippen LogP contribution in [0, 0.1) is 13.8 Å². The number of rotatable bonds is 4. The molecule has 0 saturated heterocycles. The predicted octanol–water partition coefficient (Wildman–Crippen LogP) is 6.59. The Balaban J connectivity index is 1.98. The van der Waals surface area contributed by atoms with Gasteiger partial charge in [0.15, 0.2) is 5.76 Å². The van der Waals surface area contributed by atoms with Crippen LogP contribution in [0.15, 0.2) is 48.2 Å². The van der Waals surface area contributed by atoms with E-state index in [1.165, 1.54) is 0 Å². The molecule has 1 aliphatic heterocycles. The number of nitrogens with zero attached hydrogens (tertiary/aromatic N) is 1. The number of hydrogen-bond donors (Lipinski definition) is 0. The number of amides is 1. The summed E-state index contributed by atoms with van der Waals surface area (Å²) in [6.45, 7) is 5.78. The summed E-state index contributed by atoms with van der Waals surface area (Å²) in [4.78, 5) is 28.5. The Kier molecular flexibility index (Phi) is 6.29. The maximum Gasteiger partial charge on any atom is 0.513 e. The molecule has 0 radical (unpaired) electrons. The fraction of sp³-hybridized carbons (Fsp3) is 0.385. The number of carbonyl (C=O) groups is 2. The van der Waals surface area contributed by atoms with Crippen LogP contribution in [0.3, 0.4) is 0 Å². The third kappa shape index (κ3) is 3.79. The highest BCUT2D eigenvalue weighted by Gasteiger charge is 2.55. The zero-order valence-electron chi connectivity index (χ0n) is 18.7. The molecule has 0 aromatic heterocycles. The molecule has 0 N–H and O–H groups in total. The summed E-state index contributed by atoms with van der Waals surface area (Å²) in [5.41, 5.74) is 2.99. The van der Waals surface area contributed by atoms with Crippen LogP contribution in [-0.4, -0.2) is 24.2 Å². The van der Waals surface area contributed by atoms with Crippen molar-refractivity contribution >= 4 is 34.9 Å². The van der Waals surface area contributed by atoms with Crippen molar-refractivity contribution in [2.45, 2.75) is 58.4 Å². The second-order valence-corrected chi connectivity index (χ2v) is 8.91. The first-order valence-corrected chi connectivity index (χ1v) is 11.5. The van der Waals surface area contributed by atoms with Gasteiger partial charge in [0.05, 0.1) is 12.2 Å². The molecule has 4 rings (SSSR count). The van der Waals surface area contributed by atoms with Crippen molar-refractivity contribution in [3.63, 3.8) is 0 Å². The van der Waals surface area contributed by atoms with Gasteiger partial charge in [-0.3, -0.25) is 9.69 Å². The lowest BCUT2D eigenvalue weighted by Gasteiger charge is -2.42. The third-order valence-corrected chi connectivity index (χ3v) is 6.60. The molecule has 0 atom stereocenters. The van der Waals surface area contributed by atoms with Gasteiger partial charge < -0.3 is 9.47 Å². The van der Waals surface area contributed by atoms with Crippen molar-refractivity contribution in [1.29, 1.82) is 0 Å². The molecule has 0 bridgehead atoms. The maximum absolute atomic E-state index is 14.1. The van der Waals surface area contributed by atoms with Gasteiger partial charge in [0.1, 0.15) is 5.54 Å². The zero-order valence-corrected chi connectivity index (χ0v) is 19.5. The van der Waals surface area contributed by atoms with Crippen LogP contribution in [-0.2, 0) is 14.3 Å². The Labute approximate surface area is 194 Å². The van der Waals surface area contributed by atoms with Crippen LogP contribution in [0.4, 0.5) is 10.5 Å². The standard InChI is InChI=1S/C26H28ClNO4/c1-4-31-25(30)32-23-22(21-17(2)15-19(27)16-18(21)3)24(29)28(20-11-7-5-8-12-20)26(23)13-9-6-10-14-26/h5,7-8,11-12,15-16H,4,6,9-10,13-14H2,1-3H3. The average molecular weight is 454 g/mol. The Morgan fingerprint density at radius 1 is 1.06 bits per heavy atom. The van der Waals surface area contributed by atoms with E-state index in [0.717, 1.165) is 54.5 Å². The first-order chi connectivity index (χ1) is 15.4. The van der Waals surface area contributed by atoms with E-state index in [2.05, 4.69) is 0 Å². The first-order valence-electron chi connectivity index (χ1n) is 11.1. The fourth-order valence-corrected chi connectivity index (χ4v) is 5.50. The summed E-state index contributed by atoms with van der Waals surface area (Å²) in [5, 5.41) is 0.606. The Morgan fingerprint density at radius 2 is 1.69 bits per heavy atom. The molecular formula is C26H28ClNO4. The van der Waals surface area contributed by atoms with Crippen molar-refractivity contribution in [2.75, 3.05) is 11.5 Å². The van der Waals surface area contributed by atoms with E-state index in [1.54, 1.807) is 6.92 Å². The molecular weight excluding hydrogens is 426 g/mol. The van der Waals surface area contributed by atoms with Crippen LogP contribution < -0.4 is 4.90 Å². The van der Waals surface area contributed by atoms with Gasteiger partial charge in [0.25, 0.3) is 5.91 Å². The second-order valence-electron chi connectivity index (χ2n) is 8.47. The van der Waals surface area contributed by atoms with E-state index in [9.17, 15) is 9.59 Å². The van der Waals surface area contributed by atoms with Crippen LogP contribution in [0.25, 0.3) is 5.57 Å². The van der Waals surface area contributed by atoms with Gasteiger partial charge >= 0.3 is 6.16 Å². The molecule has 32 heavy (non-hydrogen) atoms. The van der Waals surface area contributed by atoms with Crippen LogP contribution >= 0.6 is 11.6 Å². The number of aryl methyl sites for hydroxylation is 2. The van der Waals surface area contributed by atoms with Crippen molar-refractivity contribution < 1.29 is 19.1 Å². The third-order valence-electron chi connectivity index (χ3n) is 6.38. The lowest BCUT2D eigenvalue weighted by Crippen LogP contribution is -2.50. The minimum Gasteiger partial charge on any atom is -0.434 e. The Morgan fingerprint density at radius 3 is 2.28 bits per heavy atom. The van der Waals surface area contributed by atoms with Gasteiger partial charge in [-0.25, -0.2) is 4.79 Å². The SMILES string of the molecule is CCOC(=O)OC1=C(c2c(C)cc(Cl)cc2C)C(=O)N(c2ccccc2)C12CCCCC2. The lowest BCUT2D eigenvalue weighted by atomic mass is 9.79. The normalized spacial score (nSPS) is 17.8. The smallest absolute Gasteiger partial charge is 0.434 e. The zero-order chi connectivity index (χ0) is 22.9. The highest BCUT2D eigenvalue weighted by Crippen LogP contribution is 2.51. The van der Waals surface area contributed by atoms with Gasteiger partial charge in [0.2, 0.25) is 0 Å². The van der Waals surface area contributed by atoms with E-state index in [-0.39, 0.29) is 12.5 Å². The monoisotopic (exact) mass is 453 g/mol. The molecule has 5 nitrogen and oxygen atoms in total. The highest BCUT2D eigenvalue weighted by atomic mass is 35.5. The highest BCUT2D eigenvalue weighted by molar-refractivity contribution is 6.33. The number of benzene rings is 2. The first kappa shape index (κ1) is 22.4. The topological polar surface area (TPSA) is 55.8 Å². The van der Waals surface area contributed by atoms with Crippen molar-refractivity contribution in [3.05, 3.63) is 69.9 Å². The number of carbonyl (C=O) groups excluding carboxylic acids is 2. The number of anilines is 1. The Hall–Kier alpha value is -2.79. The van der Waals surface area contributed by atoms with E-state index >= 15 is 0 Å². The summed E-state index contributed by atoms with van der Waals surface area (Å²) in [7, 11) is 0. The second kappa shape index (κ2) is 8.99. The largest absolute Gasteiger partial charge is 0.513 e. The molecule has 2 aromatic rings. The maximum atomic E-state index is 14.1. The van der Waals surface area contributed by atoms with Crippen molar-refractivity contribution in [2.24, 2.45) is 0 Å². The van der Waals surface area contributed by atoms with Gasteiger partial charge in [0, 0.05) is 10.7 Å².